The molecule has 6 aromatic carbocycles. The van der Waals surface area contributed by atoms with E-state index in [4.69, 9.17) is 0 Å². The second kappa shape index (κ2) is 10.3. The summed E-state index contributed by atoms with van der Waals surface area (Å²) in [5.74, 6) is 0. The summed E-state index contributed by atoms with van der Waals surface area (Å²) in [7, 11) is 0. The third kappa shape index (κ3) is 3.93. The number of aromatic nitrogens is 2. The zero-order valence-electron chi connectivity index (χ0n) is 24.2. The van der Waals surface area contributed by atoms with Crippen LogP contribution in [0.1, 0.15) is 22.3 Å². The highest BCUT2D eigenvalue weighted by Gasteiger charge is 2.18. The van der Waals surface area contributed by atoms with Crippen LogP contribution in [0.2, 0.25) is 0 Å². The van der Waals surface area contributed by atoms with Crippen LogP contribution in [-0.2, 0) is 0 Å². The summed E-state index contributed by atoms with van der Waals surface area (Å²) < 4.78 is 4.18. The summed E-state index contributed by atoms with van der Waals surface area (Å²) in [5.41, 5.74) is 8.97. The minimum absolute atomic E-state index is 0.423. The van der Waals surface area contributed by atoms with Gasteiger partial charge in [0.15, 0.2) is 0 Å². The SMILES string of the molecule is N#Cc1cc(C#N)cc(-n2c3ccccc3c3ccc(-c4ccc5c6ccccc6n(-c6cc(C#N)ccc6C#N)c5c4)cc32)c1. The Morgan fingerprint density at radius 1 is 0.391 bits per heavy atom. The summed E-state index contributed by atoms with van der Waals surface area (Å²) >= 11 is 0. The highest BCUT2D eigenvalue weighted by atomic mass is 15.0. The van der Waals surface area contributed by atoms with E-state index in [1.807, 2.05) is 48.5 Å². The Kier molecular flexibility index (Phi) is 5.91. The van der Waals surface area contributed by atoms with Gasteiger partial charge in [0.05, 0.1) is 68.2 Å². The van der Waals surface area contributed by atoms with Crippen LogP contribution in [0.3, 0.4) is 0 Å². The summed E-state index contributed by atoms with van der Waals surface area (Å²) in [6.45, 7) is 0. The maximum atomic E-state index is 10.0. The number of nitriles is 4. The van der Waals surface area contributed by atoms with E-state index in [0.29, 0.717) is 27.9 Å². The summed E-state index contributed by atoms with van der Waals surface area (Å²) in [4.78, 5) is 0. The van der Waals surface area contributed by atoms with Gasteiger partial charge in [-0.25, -0.2) is 0 Å². The second-order valence-electron chi connectivity index (χ2n) is 11.1. The topological polar surface area (TPSA) is 105 Å². The van der Waals surface area contributed by atoms with Crippen molar-refractivity contribution in [1.29, 1.82) is 21.0 Å². The molecule has 0 unspecified atom stereocenters. The Morgan fingerprint density at radius 3 is 1.48 bits per heavy atom. The largest absolute Gasteiger partial charge is 0.309 e. The van der Waals surface area contributed by atoms with Gasteiger partial charge in [-0.2, -0.15) is 21.0 Å². The van der Waals surface area contributed by atoms with Crippen LogP contribution in [0.5, 0.6) is 0 Å². The van der Waals surface area contributed by atoms with Crippen molar-refractivity contribution in [2.75, 3.05) is 0 Å². The number of fused-ring (bicyclic) bond motifs is 6. The molecule has 2 heterocycles. The number of nitrogens with zero attached hydrogens (tertiary/aromatic N) is 6. The van der Waals surface area contributed by atoms with Crippen LogP contribution in [0.15, 0.2) is 121 Å². The van der Waals surface area contributed by atoms with Gasteiger partial charge in [0.1, 0.15) is 6.07 Å². The molecular weight excluding hydrogens is 564 g/mol. The van der Waals surface area contributed by atoms with Gasteiger partial charge in [0.25, 0.3) is 0 Å². The van der Waals surface area contributed by atoms with Crippen molar-refractivity contribution in [1.82, 2.24) is 9.13 Å². The van der Waals surface area contributed by atoms with Crippen molar-refractivity contribution in [3.8, 4) is 46.8 Å². The summed E-state index contributed by atoms with van der Waals surface area (Å²) in [5, 5.41) is 43.3. The average Bonchev–Trinajstić information content (AvgIpc) is 3.63. The van der Waals surface area contributed by atoms with E-state index in [-0.39, 0.29) is 0 Å². The van der Waals surface area contributed by atoms with Crippen molar-refractivity contribution < 1.29 is 0 Å². The van der Waals surface area contributed by atoms with Gasteiger partial charge in [-0.15, -0.1) is 0 Å². The molecule has 210 valence electrons. The summed E-state index contributed by atoms with van der Waals surface area (Å²) in [6.07, 6.45) is 0. The predicted octanol–water partition coefficient (Wildman–Crippen LogP) is 9.03. The quantitative estimate of drug-likeness (QED) is 0.207. The maximum Gasteiger partial charge on any atom is 0.101 e. The van der Waals surface area contributed by atoms with E-state index >= 15 is 0 Å². The first-order chi connectivity index (χ1) is 22.6. The lowest BCUT2D eigenvalue weighted by molar-refractivity contribution is 1.16. The van der Waals surface area contributed by atoms with E-state index in [9.17, 15) is 21.0 Å². The van der Waals surface area contributed by atoms with Crippen LogP contribution < -0.4 is 0 Å². The molecule has 8 rings (SSSR count). The average molecular weight is 585 g/mol. The van der Waals surface area contributed by atoms with Gasteiger partial charge in [0, 0.05) is 27.2 Å². The monoisotopic (exact) mass is 584 g/mol. The lowest BCUT2D eigenvalue weighted by Crippen LogP contribution is -1.98. The summed E-state index contributed by atoms with van der Waals surface area (Å²) in [6, 6.07) is 48.2. The fourth-order valence-corrected chi connectivity index (χ4v) is 6.59. The molecule has 46 heavy (non-hydrogen) atoms. The van der Waals surface area contributed by atoms with Gasteiger partial charge in [-0.3, -0.25) is 0 Å². The minimum Gasteiger partial charge on any atom is -0.309 e. The van der Waals surface area contributed by atoms with Gasteiger partial charge in [-0.1, -0.05) is 60.7 Å². The molecule has 0 radical (unpaired) electrons. The van der Waals surface area contributed by atoms with Crippen molar-refractivity contribution in [2.45, 2.75) is 0 Å². The molecule has 0 atom stereocenters. The van der Waals surface area contributed by atoms with E-state index in [0.717, 1.165) is 60.4 Å². The van der Waals surface area contributed by atoms with E-state index in [1.54, 1.807) is 24.3 Å². The molecule has 0 aliphatic rings. The van der Waals surface area contributed by atoms with Gasteiger partial charge < -0.3 is 9.13 Å². The van der Waals surface area contributed by atoms with Crippen LogP contribution in [0.25, 0.3) is 66.1 Å². The smallest absolute Gasteiger partial charge is 0.101 e. The number of hydrogen-bond acceptors (Lipinski definition) is 4. The van der Waals surface area contributed by atoms with Crippen LogP contribution in [-0.4, -0.2) is 9.13 Å². The zero-order chi connectivity index (χ0) is 31.4. The Labute approximate surface area is 263 Å². The molecule has 0 saturated carbocycles. The highest BCUT2D eigenvalue weighted by Crippen LogP contribution is 2.38. The van der Waals surface area contributed by atoms with E-state index < -0.39 is 0 Å². The molecule has 6 nitrogen and oxygen atoms in total. The first kappa shape index (κ1) is 26.5. The van der Waals surface area contributed by atoms with Crippen molar-refractivity contribution in [2.24, 2.45) is 0 Å². The lowest BCUT2D eigenvalue weighted by atomic mass is 10.0. The Bertz CT molecular complexity index is 2720. The maximum absolute atomic E-state index is 10.0. The first-order valence-corrected chi connectivity index (χ1v) is 14.6. The van der Waals surface area contributed by atoms with Crippen LogP contribution in [0, 0.1) is 45.3 Å². The van der Waals surface area contributed by atoms with Crippen molar-refractivity contribution in [3.63, 3.8) is 0 Å². The first-order valence-electron chi connectivity index (χ1n) is 14.6. The molecule has 0 amide bonds. The Hall–Kier alpha value is -7.12. The fraction of sp³-hybridized carbons (Fsp3) is 0. The predicted molar refractivity (Wildman–Crippen MR) is 179 cm³/mol. The highest BCUT2D eigenvalue weighted by molar-refractivity contribution is 6.12. The van der Waals surface area contributed by atoms with Crippen LogP contribution >= 0.6 is 0 Å². The molecule has 0 aliphatic heterocycles. The molecular formula is C40H20N6. The van der Waals surface area contributed by atoms with E-state index in [1.165, 1.54) is 0 Å². The molecule has 0 bridgehead atoms. The lowest BCUT2D eigenvalue weighted by Gasteiger charge is -2.12. The third-order valence-electron chi connectivity index (χ3n) is 8.60. The second-order valence-corrected chi connectivity index (χ2v) is 11.1. The number of para-hydroxylation sites is 2. The molecule has 0 aliphatic carbocycles. The molecule has 0 spiro atoms. The number of hydrogen-bond donors (Lipinski definition) is 0. The van der Waals surface area contributed by atoms with Gasteiger partial charge >= 0.3 is 0 Å². The van der Waals surface area contributed by atoms with Gasteiger partial charge in [-0.05, 0) is 71.8 Å². The molecule has 0 saturated heterocycles. The van der Waals surface area contributed by atoms with Crippen LogP contribution in [0.4, 0.5) is 0 Å². The fourth-order valence-electron chi connectivity index (χ4n) is 6.59. The van der Waals surface area contributed by atoms with Gasteiger partial charge in [0.2, 0.25) is 0 Å². The Balaban J connectivity index is 1.41. The molecule has 8 aromatic rings. The zero-order valence-corrected chi connectivity index (χ0v) is 24.2. The number of benzene rings is 6. The molecule has 0 fully saturated rings. The Morgan fingerprint density at radius 2 is 0.913 bits per heavy atom. The van der Waals surface area contributed by atoms with E-state index in [2.05, 4.69) is 81.9 Å². The number of rotatable bonds is 3. The van der Waals surface area contributed by atoms with Crippen molar-refractivity contribution in [3.05, 3.63) is 144 Å². The molecule has 0 N–H and O–H groups in total. The molecule has 6 heteroatoms. The molecule has 2 aromatic heterocycles. The standard InChI is InChI=1S/C40H20N6/c41-21-25-9-10-30(24-44)38(18-25)46-37-8-4-2-6-33(37)35-14-12-29(20-40(35)46)28-11-13-34-32-5-1-3-7-36(32)45(39(34)19-28)31-16-26(22-42)15-27(17-31)23-43/h1-20H. The van der Waals surface area contributed by atoms with Crippen molar-refractivity contribution >= 4 is 43.6 Å². The third-order valence-corrected chi connectivity index (χ3v) is 8.60. The minimum atomic E-state index is 0.423. The normalized spacial score (nSPS) is 11.0.